The maximum atomic E-state index is 12.0. The summed E-state index contributed by atoms with van der Waals surface area (Å²) in [5.74, 6) is 0.724. The number of nitrogens with one attached hydrogen (secondary N) is 2. The van der Waals surface area contributed by atoms with Gasteiger partial charge in [-0.15, -0.1) is 0 Å². The zero-order valence-corrected chi connectivity index (χ0v) is 11.3. The molecule has 0 aromatic carbocycles. The molecule has 0 spiro atoms. The lowest BCUT2D eigenvalue weighted by atomic mass is 9.91. The molecule has 2 rings (SSSR count). The monoisotopic (exact) mass is 260 g/mol. The Hall–Kier alpha value is -0.130. The molecule has 5 heteroatoms. The van der Waals surface area contributed by atoms with E-state index in [1.54, 1.807) is 0 Å². The second-order valence-corrected chi connectivity index (χ2v) is 7.25. The van der Waals surface area contributed by atoms with Crippen molar-refractivity contribution in [1.29, 1.82) is 0 Å². The van der Waals surface area contributed by atoms with Crippen LogP contribution in [0.1, 0.15) is 44.9 Å². The Morgan fingerprint density at radius 1 is 1.06 bits per heavy atom. The Balaban J connectivity index is 1.80. The lowest BCUT2D eigenvalue weighted by Crippen LogP contribution is -2.46. The van der Waals surface area contributed by atoms with E-state index in [1.165, 1.54) is 19.3 Å². The van der Waals surface area contributed by atoms with Crippen molar-refractivity contribution in [2.75, 3.05) is 18.8 Å². The number of hydrogen-bond donors (Lipinski definition) is 2. The van der Waals surface area contributed by atoms with Crippen LogP contribution in [0.15, 0.2) is 0 Å². The lowest BCUT2D eigenvalue weighted by Gasteiger charge is -2.26. The Morgan fingerprint density at radius 2 is 1.82 bits per heavy atom. The summed E-state index contributed by atoms with van der Waals surface area (Å²) in [5.41, 5.74) is 0. The molecule has 0 bridgehead atoms. The zero-order chi connectivity index (χ0) is 12.1. The predicted molar refractivity (Wildman–Crippen MR) is 69.4 cm³/mol. The van der Waals surface area contributed by atoms with Gasteiger partial charge in [0, 0.05) is 12.6 Å². The van der Waals surface area contributed by atoms with E-state index in [1.807, 2.05) is 0 Å². The van der Waals surface area contributed by atoms with Crippen LogP contribution in [-0.2, 0) is 10.0 Å². The van der Waals surface area contributed by atoms with Gasteiger partial charge in [0.05, 0.1) is 5.75 Å². The summed E-state index contributed by atoms with van der Waals surface area (Å²) < 4.78 is 26.9. The van der Waals surface area contributed by atoms with Crippen molar-refractivity contribution in [3.8, 4) is 0 Å². The maximum absolute atomic E-state index is 12.0. The largest absolute Gasteiger partial charge is 0.315 e. The van der Waals surface area contributed by atoms with Crippen molar-refractivity contribution in [2.45, 2.75) is 51.0 Å². The Kier molecular flexibility index (Phi) is 4.82. The molecule has 0 amide bonds. The third kappa shape index (κ3) is 4.56. The van der Waals surface area contributed by atoms with E-state index in [-0.39, 0.29) is 6.04 Å². The van der Waals surface area contributed by atoms with Crippen molar-refractivity contribution >= 4 is 10.0 Å². The molecular weight excluding hydrogens is 236 g/mol. The molecule has 0 aromatic heterocycles. The molecule has 2 fully saturated rings. The third-order valence-electron chi connectivity index (χ3n) is 3.82. The first-order valence-electron chi connectivity index (χ1n) is 6.86. The highest BCUT2D eigenvalue weighted by Crippen LogP contribution is 2.24. The molecule has 1 saturated carbocycles. The first kappa shape index (κ1) is 13.3. The number of sulfonamides is 1. The number of piperidine rings is 1. The van der Waals surface area contributed by atoms with Gasteiger partial charge >= 0.3 is 0 Å². The molecule has 1 aliphatic carbocycles. The summed E-state index contributed by atoms with van der Waals surface area (Å²) in [6.45, 7) is 1.80. The van der Waals surface area contributed by atoms with Crippen molar-refractivity contribution in [1.82, 2.24) is 10.0 Å². The molecule has 2 N–H and O–H groups in total. The van der Waals surface area contributed by atoms with Crippen molar-refractivity contribution in [2.24, 2.45) is 5.92 Å². The van der Waals surface area contributed by atoms with Crippen LogP contribution in [-0.4, -0.2) is 33.3 Å². The summed E-state index contributed by atoms with van der Waals surface area (Å²) in [4.78, 5) is 0. The summed E-state index contributed by atoms with van der Waals surface area (Å²) in [7, 11) is -3.07. The predicted octanol–water partition coefficient (Wildman–Crippen LogP) is 1.24. The quantitative estimate of drug-likeness (QED) is 0.799. The van der Waals surface area contributed by atoms with E-state index >= 15 is 0 Å². The van der Waals surface area contributed by atoms with E-state index in [2.05, 4.69) is 10.0 Å². The minimum absolute atomic E-state index is 0.109. The van der Waals surface area contributed by atoms with E-state index in [9.17, 15) is 8.42 Å². The van der Waals surface area contributed by atoms with E-state index in [0.29, 0.717) is 11.7 Å². The summed E-state index contributed by atoms with van der Waals surface area (Å²) in [6.07, 6.45) is 7.88. The van der Waals surface area contributed by atoms with Gasteiger partial charge < -0.3 is 5.32 Å². The summed E-state index contributed by atoms with van der Waals surface area (Å²) in [5, 5.41) is 3.23. The van der Waals surface area contributed by atoms with Gasteiger partial charge in [0.2, 0.25) is 10.0 Å². The van der Waals surface area contributed by atoms with Gasteiger partial charge in [0.15, 0.2) is 0 Å². The van der Waals surface area contributed by atoms with Crippen LogP contribution in [0.3, 0.4) is 0 Å². The van der Waals surface area contributed by atoms with Crippen LogP contribution in [0.2, 0.25) is 0 Å². The summed E-state index contributed by atoms with van der Waals surface area (Å²) in [6, 6.07) is 0.109. The molecule has 0 radical (unpaired) electrons. The van der Waals surface area contributed by atoms with Crippen molar-refractivity contribution in [3.05, 3.63) is 0 Å². The van der Waals surface area contributed by atoms with Gasteiger partial charge in [-0.3, -0.25) is 0 Å². The first-order chi connectivity index (χ1) is 8.16. The normalized spacial score (nSPS) is 28.1. The standard InChI is InChI=1S/C12H24N2O2S/c15-17(16,10-11-5-2-1-3-6-11)14-12-7-4-8-13-9-12/h11-14H,1-10H2/t12-/m1/s1. The van der Waals surface area contributed by atoms with E-state index in [0.717, 1.165) is 38.8 Å². The molecule has 0 unspecified atom stereocenters. The fourth-order valence-corrected chi connectivity index (χ4v) is 4.68. The second-order valence-electron chi connectivity index (χ2n) is 5.45. The molecule has 1 heterocycles. The fraction of sp³-hybridized carbons (Fsp3) is 1.00. The van der Waals surface area contributed by atoms with Gasteiger partial charge in [-0.2, -0.15) is 0 Å². The first-order valence-corrected chi connectivity index (χ1v) is 8.52. The fourth-order valence-electron chi connectivity index (χ4n) is 2.92. The number of rotatable bonds is 4. The molecule has 1 saturated heterocycles. The molecule has 4 nitrogen and oxygen atoms in total. The smallest absolute Gasteiger partial charge is 0.212 e. The van der Waals surface area contributed by atoms with Gasteiger partial charge in [-0.05, 0) is 38.1 Å². The molecular formula is C12H24N2O2S. The minimum Gasteiger partial charge on any atom is -0.315 e. The zero-order valence-electron chi connectivity index (χ0n) is 10.5. The highest BCUT2D eigenvalue weighted by molar-refractivity contribution is 7.89. The van der Waals surface area contributed by atoms with Crippen LogP contribution < -0.4 is 10.0 Å². The lowest BCUT2D eigenvalue weighted by molar-refractivity contribution is 0.379. The van der Waals surface area contributed by atoms with Gasteiger partial charge in [-0.1, -0.05) is 19.3 Å². The average Bonchev–Trinajstić information content (AvgIpc) is 2.30. The Labute approximate surface area is 105 Å². The highest BCUT2D eigenvalue weighted by atomic mass is 32.2. The Morgan fingerprint density at radius 3 is 2.47 bits per heavy atom. The Bertz CT molecular complexity index is 291. The van der Waals surface area contributed by atoms with Gasteiger partial charge in [0.25, 0.3) is 0 Å². The summed E-state index contributed by atoms with van der Waals surface area (Å²) >= 11 is 0. The third-order valence-corrected chi connectivity index (χ3v) is 5.43. The van der Waals surface area contributed by atoms with Crippen LogP contribution >= 0.6 is 0 Å². The molecule has 17 heavy (non-hydrogen) atoms. The molecule has 0 aromatic rings. The van der Waals surface area contributed by atoms with E-state index < -0.39 is 10.0 Å². The number of hydrogen-bond acceptors (Lipinski definition) is 3. The maximum Gasteiger partial charge on any atom is 0.212 e. The minimum atomic E-state index is -3.07. The van der Waals surface area contributed by atoms with Crippen molar-refractivity contribution in [3.63, 3.8) is 0 Å². The van der Waals surface area contributed by atoms with E-state index in [4.69, 9.17) is 0 Å². The van der Waals surface area contributed by atoms with Gasteiger partial charge in [0.1, 0.15) is 0 Å². The topological polar surface area (TPSA) is 58.2 Å². The van der Waals surface area contributed by atoms with Crippen LogP contribution in [0.4, 0.5) is 0 Å². The SMILES string of the molecule is O=S(=O)(CC1CCCCC1)N[C@@H]1CCCNC1. The van der Waals surface area contributed by atoms with Crippen LogP contribution in [0, 0.1) is 5.92 Å². The van der Waals surface area contributed by atoms with Crippen molar-refractivity contribution < 1.29 is 8.42 Å². The second kappa shape index (κ2) is 6.16. The van der Waals surface area contributed by atoms with Crippen LogP contribution in [0.5, 0.6) is 0 Å². The van der Waals surface area contributed by atoms with Gasteiger partial charge in [-0.25, -0.2) is 13.1 Å². The average molecular weight is 260 g/mol. The molecule has 1 aliphatic heterocycles. The highest BCUT2D eigenvalue weighted by Gasteiger charge is 2.24. The molecule has 100 valence electrons. The van der Waals surface area contributed by atoms with Crippen LogP contribution in [0.25, 0.3) is 0 Å². The molecule has 2 aliphatic rings. The molecule has 1 atom stereocenters.